The molecule has 3 aromatic rings. The molecule has 1 N–H and O–H groups in total. The maximum atomic E-state index is 13.1. The first kappa shape index (κ1) is 23.6. The second-order valence-corrected chi connectivity index (χ2v) is 10.8. The number of nitrogens with one attached hydrogen (secondary N) is 1. The molecular formula is C25H28N2O4S2. The van der Waals surface area contributed by atoms with Crippen LogP contribution >= 0.6 is 11.3 Å². The molecule has 1 amide bonds. The average Bonchev–Trinajstić information content (AvgIpc) is 3.36. The Morgan fingerprint density at radius 2 is 1.61 bits per heavy atom. The summed E-state index contributed by atoms with van der Waals surface area (Å²) in [6.07, 6.45) is 2.75. The van der Waals surface area contributed by atoms with Crippen LogP contribution in [0, 0.1) is 0 Å². The standard InChI is InChI=1S/C25H28N2O4S2/c28-25(24-23(13-16-32-24)33(29,30)27-14-7-2-8-15-27)26-17-21-11-5-6-12-22(21)19-31-18-20-9-3-1-4-10-20/h1,3-6,9-13,16H,2,7-8,14-15,17-19H2,(H,26,28). The van der Waals surface area contributed by atoms with Gasteiger partial charge in [-0.05, 0) is 41.0 Å². The maximum Gasteiger partial charge on any atom is 0.263 e. The van der Waals surface area contributed by atoms with Crippen LogP contribution in [-0.2, 0) is 34.5 Å². The molecule has 0 radical (unpaired) electrons. The van der Waals surface area contributed by atoms with Crippen LogP contribution < -0.4 is 5.32 Å². The Labute approximate surface area is 199 Å². The quantitative estimate of drug-likeness (QED) is 0.483. The molecular weight excluding hydrogens is 456 g/mol. The normalized spacial score (nSPS) is 14.8. The van der Waals surface area contributed by atoms with Gasteiger partial charge in [-0.15, -0.1) is 11.3 Å². The Morgan fingerprint density at radius 3 is 2.36 bits per heavy atom. The van der Waals surface area contributed by atoms with E-state index >= 15 is 0 Å². The summed E-state index contributed by atoms with van der Waals surface area (Å²) in [5.41, 5.74) is 3.03. The van der Waals surface area contributed by atoms with Gasteiger partial charge in [-0.25, -0.2) is 8.42 Å². The van der Waals surface area contributed by atoms with E-state index < -0.39 is 10.0 Å². The summed E-state index contributed by atoms with van der Waals surface area (Å²) >= 11 is 1.16. The molecule has 8 heteroatoms. The lowest BCUT2D eigenvalue weighted by atomic mass is 10.1. The highest BCUT2D eigenvalue weighted by Gasteiger charge is 2.30. The number of hydrogen-bond donors (Lipinski definition) is 1. The maximum absolute atomic E-state index is 13.1. The SMILES string of the molecule is O=C(NCc1ccccc1COCc1ccccc1)c1sccc1S(=O)(=O)N1CCCCC1. The lowest BCUT2D eigenvalue weighted by Crippen LogP contribution is -2.36. The number of piperidine rings is 1. The van der Waals surface area contributed by atoms with Crippen molar-refractivity contribution in [3.8, 4) is 0 Å². The van der Waals surface area contributed by atoms with Gasteiger partial charge in [0.1, 0.15) is 9.77 Å². The summed E-state index contributed by atoms with van der Waals surface area (Å²) in [4.78, 5) is 13.3. The molecule has 1 fully saturated rings. The van der Waals surface area contributed by atoms with Crippen LogP contribution in [0.1, 0.15) is 45.6 Å². The minimum Gasteiger partial charge on any atom is -0.372 e. The van der Waals surface area contributed by atoms with Crippen LogP contribution in [0.15, 0.2) is 70.9 Å². The minimum absolute atomic E-state index is 0.103. The molecule has 0 spiro atoms. The number of amides is 1. The number of hydrogen-bond acceptors (Lipinski definition) is 5. The molecule has 1 saturated heterocycles. The van der Waals surface area contributed by atoms with Crippen LogP contribution in [0.4, 0.5) is 0 Å². The molecule has 1 aromatic heterocycles. The van der Waals surface area contributed by atoms with E-state index in [4.69, 9.17) is 4.74 Å². The van der Waals surface area contributed by atoms with Crippen LogP contribution in [-0.4, -0.2) is 31.7 Å². The topological polar surface area (TPSA) is 75.7 Å². The molecule has 6 nitrogen and oxygen atoms in total. The van der Waals surface area contributed by atoms with Gasteiger partial charge in [0, 0.05) is 19.6 Å². The summed E-state index contributed by atoms with van der Waals surface area (Å²) in [5, 5.41) is 4.56. The number of sulfonamides is 1. The van der Waals surface area contributed by atoms with E-state index in [-0.39, 0.29) is 15.7 Å². The first-order valence-corrected chi connectivity index (χ1v) is 13.4. The van der Waals surface area contributed by atoms with Crippen molar-refractivity contribution >= 4 is 27.3 Å². The second-order valence-electron chi connectivity index (χ2n) is 8.01. The van der Waals surface area contributed by atoms with Gasteiger partial charge in [-0.2, -0.15) is 4.31 Å². The average molecular weight is 485 g/mol. The summed E-state index contributed by atoms with van der Waals surface area (Å²) in [6.45, 7) is 2.25. The third-order valence-electron chi connectivity index (χ3n) is 5.70. The van der Waals surface area contributed by atoms with E-state index in [9.17, 15) is 13.2 Å². The van der Waals surface area contributed by atoms with Crippen molar-refractivity contribution in [3.05, 3.63) is 87.6 Å². The summed E-state index contributed by atoms with van der Waals surface area (Å²) in [5.74, 6) is -0.374. The number of thiophene rings is 1. The number of benzene rings is 2. The fourth-order valence-corrected chi connectivity index (χ4v) is 6.72. The van der Waals surface area contributed by atoms with Crippen LogP contribution in [0.2, 0.25) is 0 Å². The molecule has 0 unspecified atom stereocenters. The number of ether oxygens (including phenoxy) is 1. The number of rotatable bonds is 9. The Morgan fingerprint density at radius 1 is 0.909 bits per heavy atom. The Bertz CT molecular complexity index is 1170. The molecule has 33 heavy (non-hydrogen) atoms. The fraction of sp³-hybridized carbons (Fsp3) is 0.320. The van der Waals surface area contributed by atoms with E-state index in [1.807, 2.05) is 54.6 Å². The molecule has 2 heterocycles. The molecule has 4 rings (SSSR count). The van der Waals surface area contributed by atoms with Crippen molar-refractivity contribution in [2.75, 3.05) is 13.1 Å². The zero-order valence-corrected chi connectivity index (χ0v) is 20.0. The highest BCUT2D eigenvalue weighted by atomic mass is 32.2. The Balaban J connectivity index is 1.39. The molecule has 0 saturated carbocycles. The fourth-order valence-electron chi connectivity index (χ4n) is 3.89. The van der Waals surface area contributed by atoms with Crippen molar-refractivity contribution in [1.29, 1.82) is 0 Å². The summed E-state index contributed by atoms with van der Waals surface area (Å²) < 4.78 is 33.5. The van der Waals surface area contributed by atoms with Crippen molar-refractivity contribution in [2.45, 2.75) is 43.9 Å². The monoisotopic (exact) mass is 484 g/mol. The van der Waals surface area contributed by atoms with Crippen molar-refractivity contribution < 1.29 is 17.9 Å². The highest BCUT2D eigenvalue weighted by Crippen LogP contribution is 2.27. The van der Waals surface area contributed by atoms with Crippen LogP contribution in [0.3, 0.4) is 0 Å². The Kier molecular flexibility index (Phi) is 7.93. The summed E-state index contributed by atoms with van der Waals surface area (Å²) in [6, 6.07) is 19.3. The van der Waals surface area contributed by atoms with Crippen molar-refractivity contribution in [1.82, 2.24) is 9.62 Å². The van der Waals surface area contributed by atoms with Crippen molar-refractivity contribution in [2.24, 2.45) is 0 Å². The third kappa shape index (κ3) is 5.89. The largest absolute Gasteiger partial charge is 0.372 e. The highest BCUT2D eigenvalue weighted by molar-refractivity contribution is 7.89. The van der Waals surface area contributed by atoms with Gasteiger partial charge in [0.05, 0.1) is 13.2 Å². The van der Waals surface area contributed by atoms with E-state index in [1.165, 1.54) is 10.4 Å². The van der Waals surface area contributed by atoms with E-state index in [2.05, 4.69) is 5.32 Å². The molecule has 0 atom stereocenters. The van der Waals surface area contributed by atoms with E-state index in [0.717, 1.165) is 47.3 Å². The lowest BCUT2D eigenvalue weighted by Gasteiger charge is -2.25. The molecule has 0 aliphatic carbocycles. The molecule has 1 aliphatic rings. The van der Waals surface area contributed by atoms with E-state index in [0.29, 0.717) is 32.8 Å². The van der Waals surface area contributed by atoms with Gasteiger partial charge in [0.25, 0.3) is 5.91 Å². The van der Waals surface area contributed by atoms with Gasteiger partial charge < -0.3 is 10.1 Å². The number of nitrogens with zero attached hydrogens (tertiary/aromatic N) is 1. The lowest BCUT2D eigenvalue weighted by molar-refractivity contribution is 0.0948. The first-order chi connectivity index (χ1) is 16.1. The predicted molar refractivity (Wildman–Crippen MR) is 129 cm³/mol. The van der Waals surface area contributed by atoms with Gasteiger partial charge in [-0.1, -0.05) is 61.0 Å². The van der Waals surface area contributed by atoms with Gasteiger partial charge in [-0.3, -0.25) is 4.79 Å². The predicted octanol–water partition coefficient (Wildman–Crippen LogP) is 4.57. The summed E-state index contributed by atoms with van der Waals surface area (Å²) in [7, 11) is -3.66. The number of carbonyl (C=O) groups is 1. The van der Waals surface area contributed by atoms with Crippen molar-refractivity contribution in [3.63, 3.8) is 0 Å². The molecule has 174 valence electrons. The van der Waals surface area contributed by atoms with Gasteiger partial charge in [0.15, 0.2) is 0 Å². The second kappa shape index (κ2) is 11.1. The van der Waals surface area contributed by atoms with E-state index in [1.54, 1.807) is 5.38 Å². The minimum atomic E-state index is -3.66. The van der Waals surface area contributed by atoms with Crippen LogP contribution in [0.5, 0.6) is 0 Å². The Hall–Kier alpha value is -2.52. The van der Waals surface area contributed by atoms with Gasteiger partial charge >= 0.3 is 0 Å². The number of carbonyl (C=O) groups excluding carboxylic acids is 1. The van der Waals surface area contributed by atoms with Gasteiger partial charge in [0.2, 0.25) is 10.0 Å². The third-order valence-corrected chi connectivity index (χ3v) is 8.68. The molecule has 0 bridgehead atoms. The first-order valence-electron chi connectivity index (χ1n) is 11.1. The zero-order chi connectivity index (χ0) is 23.1. The molecule has 2 aromatic carbocycles. The van der Waals surface area contributed by atoms with Crippen LogP contribution in [0.25, 0.3) is 0 Å². The molecule has 1 aliphatic heterocycles. The zero-order valence-electron chi connectivity index (χ0n) is 18.4. The smallest absolute Gasteiger partial charge is 0.263 e.